The van der Waals surface area contributed by atoms with Crippen LogP contribution in [0.25, 0.3) is 0 Å². The van der Waals surface area contributed by atoms with Crippen molar-refractivity contribution in [3.8, 4) is 0 Å². The Balaban J connectivity index is 0.000000518. The average molecular weight is 612 g/mol. The van der Waals surface area contributed by atoms with Crippen LogP contribution in [0.1, 0.15) is 37.5 Å². The van der Waals surface area contributed by atoms with E-state index in [1.165, 1.54) is 36.4 Å². The second-order valence-electron chi connectivity index (χ2n) is 7.35. The molecule has 13 heteroatoms. The van der Waals surface area contributed by atoms with Gasteiger partial charge in [-0.25, -0.2) is 25.3 Å². The zero-order valence-corrected chi connectivity index (χ0v) is 23.9. The number of hydrogen-bond donors (Lipinski definition) is 0. The Morgan fingerprint density at radius 3 is 0.703 bits per heavy atom. The Bertz CT molecular complexity index is 1240. The van der Waals surface area contributed by atoms with Gasteiger partial charge in [0, 0.05) is 0 Å². The van der Waals surface area contributed by atoms with Crippen molar-refractivity contribution in [2.45, 2.75) is 54.7 Å². The Morgan fingerprint density at radius 2 is 0.595 bits per heavy atom. The summed E-state index contributed by atoms with van der Waals surface area (Å²) in [6.07, 6.45) is 2.50. The van der Waals surface area contributed by atoms with E-state index >= 15 is 0 Å². The van der Waals surface area contributed by atoms with Gasteiger partial charge < -0.3 is 13.7 Å². The zero-order chi connectivity index (χ0) is 27.6. The Hall–Kier alpha value is -2.09. The van der Waals surface area contributed by atoms with Crippen LogP contribution in [0.3, 0.4) is 0 Å². The predicted octanol–water partition coefficient (Wildman–Crippen LogP) is 3.46. The van der Waals surface area contributed by atoms with Gasteiger partial charge in [0.2, 0.25) is 0 Å². The first-order valence-corrected chi connectivity index (χ1v) is 15.0. The number of benzene rings is 3. The zero-order valence-electron chi connectivity index (χ0n) is 20.3. The van der Waals surface area contributed by atoms with E-state index in [1.54, 1.807) is 36.4 Å². The quantitative estimate of drug-likeness (QED) is 0.299. The molecule has 203 valence electrons. The molecule has 0 saturated heterocycles. The summed E-state index contributed by atoms with van der Waals surface area (Å²) in [5.41, 5.74) is 3.05. The standard InChI is InChI=1S/3C8H10O3S.Fe/c3*1-2-7-3-5-8(6-4-7)12(9,10)11;/h3*3-6H,2H2,1H3,(H,9,10,11);/q;;;+3/p-3. The second-order valence-corrected chi connectivity index (χ2v) is 11.5. The summed E-state index contributed by atoms with van der Waals surface area (Å²) >= 11 is 0. The first kappa shape index (κ1) is 34.9. The molecule has 37 heavy (non-hydrogen) atoms. The Labute approximate surface area is 229 Å². The first-order chi connectivity index (χ1) is 16.6. The molecule has 0 N–H and O–H groups in total. The van der Waals surface area contributed by atoms with Crippen LogP contribution >= 0.6 is 0 Å². The van der Waals surface area contributed by atoms with E-state index in [9.17, 15) is 38.9 Å². The maximum atomic E-state index is 10.5. The van der Waals surface area contributed by atoms with Gasteiger partial charge in [0.25, 0.3) is 0 Å². The molecule has 0 fully saturated rings. The molecule has 0 saturated carbocycles. The maximum absolute atomic E-state index is 10.5. The van der Waals surface area contributed by atoms with Crippen LogP contribution in [0, 0.1) is 0 Å². The molecular formula is C24H27FeO9S3. The van der Waals surface area contributed by atoms with Crippen LogP contribution in [0.4, 0.5) is 0 Å². The summed E-state index contributed by atoms with van der Waals surface area (Å²) in [4.78, 5) is -0.501. The molecule has 0 aromatic heterocycles. The molecule has 3 aromatic rings. The molecule has 0 aliphatic carbocycles. The van der Waals surface area contributed by atoms with Crippen molar-refractivity contribution in [1.82, 2.24) is 0 Å². The Kier molecular flexibility index (Phi) is 14.5. The third-order valence-corrected chi connectivity index (χ3v) is 7.41. The van der Waals surface area contributed by atoms with Crippen LogP contribution in [0.5, 0.6) is 0 Å². The van der Waals surface area contributed by atoms with Crippen molar-refractivity contribution >= 4 is 30.4 Å². The van der Waals surface area contributed by atoms with Crippen molar-refractivity contribution in [2.75, 3.05) is 0 Å². The van der Waals surface area contributed by atoms with E-state index in [1.807, 2.05) is 20.8 Å². The van der Waals surface area contributed by atoms with Crippen LogP contribution < -0.4 is 0 Å². The van der Waals surface area contributed by atoms with Crippen LogP contribution in [-0.2, 0) is 66.7 Å². The summed E-state index contributed by atoms with van der Waals surface area (Å²) in [6, 6.07) is 17.9. The molecule has 0 unspecified atom stereocenters. The topological polar surface area (TPSA) is 172 Å². The molecule has 0 amide bonds. The van der Waals surface area contributed by atoms with Gasteiger partial charge in [-0.2, -0.15) is 0 Å². The fourth-order valence-electron chi connectivity index (χ4n) is 2.68. The third kappa shape index (κ3) is 12.8. The van der Waals surface area contributed by atoms with Gasteiger partial charge in [-0.15, -0.1) is 0 Å². The second kappa shape index (κ2) is 15.4. The van der Waals surface area contributed by atoms with E-state index in [4.69, 9.17) is 0 Å². The molecule has 0 aliphatic rings. The first-order valence-electron chi connectivity index (χ1n) is 10.8. The van der Waals surface area contributed by atoms with Crippen LogP contribution in [0.15, 0.2) is 87.5 Å². The van der Waals surface area contributed by atoms with Gasteiger partial charge in [0.1, 0.15) is 30.4 Å². The smallest absolute Gasteiger partial charge is 0.744 e. The molecular weight excluding hydrogens is 584 g/mol. The molecule has 9 nitrogen and oxygen atoms in total. The SMILES string of the molecule is CCc1ccc(S(=O)(=O)[O-])cc1.CCc1ccc(S(=O)(=O)[O-])cc1.CCc1ccc(S(=O)(=O)[O-])cc1.[Fe+3]. The normalized spacial score (nSPS) is 11.2. The minimum atomic E-state index is -4.28. The van der Waals surface area contributed by atoms with Gasteiger partial charge in [0.15, 0.2) is 0 Å². The van der Waals surface area contributed by atoms with E-state index < -0.39 is 30.4 Å². The molecule has 0 atom stereocenters. The third-order valence-electron chi connectivity index (χ3n) is 4.86. The number of rotatable bonds is 6. The van der Waals surface area contributed by atoms with Gasteiger partial charge in [-0.1, -0.05) is 57.2 Å². The van der Waals surface area contributed by atoms with E-state index in [0.717, 1.165) is 36.0 Å². The summed E-state index contributed by atoms with van der Waals surface area (Å²) in [5, 5.41) is 0. The van der Waals surface area contributed by atoms with Crippen molar-refractivity contribution in [3.05, 3.63) is 89.5 Å². The minimum Gasteiger partial charge on any atom is -0.744 e. The fraction of sp³-hybridized carbons (Fsp3) is 0.250. The fourth-order valence-corrected chi connectivity index (χ4v) is 4.08. The van der Waals surface area contributed by atoms with Crippen LogP contribution in [0.2, 0.25) is 0 Å². The van der Waals surface area contributed by atoms with Gasteiger partial charge >= 0.3 is 17.1 Å². The van der Waals surface area contributed by atoms with Crippen molar-refractivity contribution in [3.63, 3.8) is 0 Å². The largest absolute Gasteiger partial charge is 3.00 e. The van der Waals surface area contributed by atoms with E-state index in [0.29, 0.717) is 0 Å². The molecule has 1 radical (unpaired) electrons. The summed E-state index contributed by atoms with van der Waals surface area (Å²) in [7, 11) is -12.8. The van der Waals surface area contributed by atoms with Gasteiger partial charge in [0.05, 0.1) is 14.7 Å². The molecule has 3 rings (SSSR count). The molecule has 0 bridgehead atoms. The van der Waals surface area contributed by atoms with E-state index in [2.05, 4.69) is 0 Å². The monoisotopic (exact) mass is 611 g/mol. The maximum Gasteiger partial charge on any atom is 3.00 e. The average Bonchev–Trinajstić information content (AvgIpc) is 2.83. The molecule has 3 aromatic carbocycles. The molecule has 0 heterocycles. The summed E-state index contributed by atoms with van der Waals surface area (Å²) in [6.45, 7) is 5.88. The molecule has 0 spiro atoms. The van der Waals surface area contributed by atoms with Gasteiger partial charge in [-0.05, 0) is 72.4 Å². The van der Waals surface area contributed by atoms with E-state index in [-0.39, 0.29) is 31.8 Å². The summed E-state index contributed by atoms with van der Waals surface area (Å²) in [5.74, 6) is 0. The number of hydrogen-bond acceptors (Lipinski definition) is 9. The van der Waals surface area contributed by atoms with Crippen molar-refractivity contribution in [2.24, 2.45) is 0 Å². The van der Waals surface area contributed by atoms with Gasteiger partial charge in [-0.3, -0.25) is 0 Å². The molecule has 0 aliphatic heterocycles. The minimum absolute atomic E-state index is 0. The summed E-state index contributed by atoms with van der Waals surface area (Å²) < 4.78 is 94.3. The van der Waals surface area contributed by atoms with Crippen molar-refractivity contribution < 1.29 is 56.0 Å². The Morgan fingerprint density at radius 1 is 0.432 bits per heavy atom. The van der Waals surface area contributed by atoms with Crippen molar-refractivity contribution in [1.29, 1.82) is 0 Å². The number of aryl methyl sites for hydroxylation is 3. The van der Waals surface area contributed by atoms with Crippen LogP contribution in [-0.4, -0.2) is 38.9 Å². The predicted molar refractivity (Wildman–Crippen MR) is 131 cm³/mol.